The maximum absolute atomic E-state index is 11.3. The average molecular weight is 237 g/mol. The van der Waals surface area contributed by atoms with Crippen LogP contribution in [0.4, 0.5) is 0 Å². The lowest BCUT2D eigenvalue weighted by atomic mass is 9.99. The standard InChI is InChI=1S/C15H11NO2/c17-16(18)15-13-9-5-4-8-12(13)10-14(15)11-6-2-1-3-7-11/h1-10,15H. The Kier molecular flexibility index (Phi) is 2.45. The first-order valence-electron chi connectivity index (χ1n) is 5.77. The highest BCUT2D eigenvalue weighted by atomic mass is 16.6. The molecule has 1 unspecified atom stereocenters. The van der Waals surface area contributed by atoms with E-state index in [0.717, 1.165) is 22.3 Å². The van der Waals surface area contributed by atoms with Crippen LogP contribution in [-0.4, -0.2) is 4.92 Å². The fraction of sp³-hybridized carbons (Fsp3) is 0.0667. The minimum atomic E-state index is -0.747. The highest BCUT2D eigenvalue weighted by Gasteiger charge is 2.34. The van der Waals surface area contributed by atoms with Crippen LogP contribution in [0.3, 0.4) is 0 Å². The lowest BCUT2D eigenvalue weighted by Crippen LogP contribution is -2.09. The second-order valence-electron chi connectivity index (χ2n) is 4.28. The van der Waals surface area contributed by atoms with Crippen molar-refractivity contribution in [3.05, 3.63) is 81.4 Å². The number of hydrogen-bond acceptors (Lipinski definition) is 2. The molecule has 0 amide bonds. The number of nitrogens with zero attached hydrogens (tertiary/aromatic N) is 1. The van der Waals surface area contributed by atoms with Gasteiger partial charge in [0, 0.05) is 16.1 Å². The molecule has 18 heavy (non-hydrogen) atoms. The maximum atomic E-state index is 11.3. The average Bonchev–Trinajstić information content (AvgIpc) is 2.79. The molecule has 3 nitrogen and oxygen atoms in total. The summed E-state index contributed by atoms with van der Waals surface area (Å²) in [5.74, 6) is 0. The van der Waals surface area contributed by atoms with Crippen molar-refractivity contribution in [1.29, 1.82) is 0 Å². The predicted molar refractivity (Wildman–Crippen MR) is 70.5 cm³/mol. The van der Waals surface area contributed by atoms with Gasteiger partial charge in [0.05, 0.1) is 0 Å². The van der Waals surface area contributed by atoms with Crippen LogP contribution in [0.1, 0.15) is 22.7 Å². The number of nitro groups is 1. The van der Waals surface area contributed by atoms with Gasteiger partial charge in [-0.2, -0.15) is 0 Å². The van der Waals surface area contributed by atoms with Gasteiger partial charge in [-0.3, -0.25) is 10.1 Å². The molecule has 0 saturated heterocycles. The van der Waals surface area contributed by atoms with Gasteiger partial charge in [0.1, 0.15) is 0 Å². The van der Waals surface area contributed by atoms with Crippen LogP contribution in [0.25, 0.3) is 11.6 Å². The van der Waals surface area contributed by atoms with Gasteiger partial charge in [-0.25, -0.2) is 0 Å². The van der Waals surface area contributed by atoms with Crippen molar-refractivity contribution >= 4 is 11.6 Å². The lowest BCUT2D eigenvalue weighted by molar-refractivity contribution is -0.511. The second kappa shape index (κ2) is 4.11. The molecule has 0 spiro atoms. The van der Waals surface area contributed by atoms with Gasteiger partial charge in [-0.15, -0.1) is 0 Å². The molecule has 0 aliphatic heterocycles. The van der Waals surface area contributed by atoms with E-state index in [1.165, 1.54) is 0 Å². The molecule has 0 saturated carbocycles. The van der Waals surface area contributed by atoms with Crippen molar-refractivity contribution in [3.8, 4) is 0 Å². The van der Waals surface area contributed by atoms with E-state index >= 15 is 0 Å². The van der Waals surface area contributed by atoms with Gasteiger partial charge < -0.3 is 0 Å². The summed E-state index contributed by atoms with van der Waals surface area (Å²) in [5, 5.41) is 11.3. The van der Waals surface area contributed by atoms with Gasteiger partial charge >= 0.3 is 0 Å². The van der Waals surface area contributed by atoms with E-state index < -0.39 is 6.04 Å². The molecule has 0 bridgehead atoms. The minimum Gasteiger partial charge on any atom is -0.264 e. The highest BCUT2D eigenvalue weighted by Crippen LogP contribution is 2.41. The molecule has 0 heterocycles. The van der Waals surface area contributed by atoms with Gasteiger partial charge in [-0.1, -0.05) is 54.6 Å². The van der Waals surface area contributed by atoms with Crippen molar-refractivity contribution in [1.82, 2.24) is 0 Å². The molecule has 2 aromatic carbocycles. The molecule has 0 fully saturated rings. The highest BCUT2D eigenvalue weighted by molar-refractivity contribution is 5.90. The smallest absolute Gasteiger partial charge is 0.264 e. The number of benzene rings is 2. The van der Waals surface area contributed by atoms with Crippen LogP contribution >= 0.6 is 0 Å². The fourth-order valence-electron chi connectivity index (χ4n) is 2.40. The van der Waals surface area contributed by atoms with Crippen LogP contribution < -0.4 is 0 Å². The number of rotatable bonds is 2. The van der Waals surface area contributed by atoms with E-state index in [1.807, 2.05) is 60.7 Å². The molecule has 0 radical (unpaired) electrons. The van der Waals surface area contributed by atoms with E-state index in [0.29, 0.717) is 0 Å². The van der Waals surface area contributed by atoms with Crippen LogP contribution in [0.5, 0.6) is 0 Å². The monoisotopic (exact) mass is 237 g/mol. The molecular formula is C15H11NO2. The first kappa shape index (κ1) is 10.7. The third-order valence-corrected chi connectivity index (χ3v) is 3.21. The van der Waals surface area contributed by atoms with Crippen molar-refractivity contribution in [2.45, 2.75) is 6.04 Å². The Balaban J connectivity index is 2.15. The number of hydrogen-bond donors (Lipinski definition) is 0. The minimum absolute atomic E-state index is 0.218. The largest absolute Gasteiger partial charge is 0.264 e. The molecule has 2 aromatic rings. The van der Waals surface area contributed by atoms with E-state index in [1.54, 1.807) is 0 Å². The predicted octanol–water partition coefficient (Wildman–Crippen LogP) is 3.56. The molecule has 1 aliphatic carbocycles. The molecule has 3 heteroatoms. The Morgan fingerprint density at radius 1 is 0.944 bits per heavy atom. The second-order valence-corrected chi connectivity index (χ2v) is 4.28. The Morgan fingerprint density at radius 2 is 1.61 bits per heavy atom. The molecule has 0 N–H and O–H groups in total. The molecule has 88 valence electrons. The first-order valence-corrected chi connectivity index (χ1v) is 5.77. The summed E-state index contributed by atoms with van der Waals surface area (Å²) in [6, 6.07) is 16.3. The molecule has 1 aliphatic rings. The molecule has 0 aromatic heterocycles. The van der Waals surface area contributed by atoms with E-state index in [9.17, 15) is 10.1 Å². The molecule has 3 rings (SSSR count). The Morgan fingerprint density at radius 3 is 2.33 bits per heavy atom. The van der Waals surface area contributed by atoms with Crippen LogP contribution in [0.2, 0.25) is 0 Å². The summed E-state index contributed by atoms with van der Waals surface area (Å²) in [5.41, 5.74) is 3.40. The Labute approximate surface area is 105 Å². The van der Waals surface area contributed by atoms with Gasteiger partial charge in [0.15, 0.2) is 0 Å². The summed E-state index contributed by atoms with van der Waals surface area (Å²) >= 11 is 0. The summed E-state index contributed by atoms with van der Waals surface area (Å²) in [7, 11) is 0. The quantitative estimate of drug-likeness (QED) is 0.592. The van der Waals surface area contributed by atoms with Gasteiger partial charge in [0.25, 0.3) is 6.04 Å². The van der Waals surface area contributed by atoms with Crippen molar-refractivity contribution in [2.75, 3.05) is 0 Å². The zero-order valence-corrected chi connectivity index (χ0v) is 9.61. The maximum Gasteiger partial charge on any atom is 0.264 e. The zero-order chi connectivity index (χ0) is 12.5. The Hall–Kier alpha value is -2.42. The van der Waals surface area contributed by atoms with Crippen LogP contribution in [0.15, 0.2) is 54.6 Å². The molecule has 1 atom stereocenters. The van der Waals surface area contributed by atoms with Crippen molar-refractivity contribution < 1.29 is 4.92 Å². The van der Waals surface area contributed by atoms with Crippen LogP contribution in [0, 0.1) is 10.1 Å². The molecular weight excluding hydrogens is 226 g/mol. The summed E-state index contributed by atoms with van der Waals surface area (Å²) in [6.45, 7) is 0. The normalized spacial score (nSPS) is 17.1. The Bertz CT molecular complexity index is 632. The summed E-state index contributed by atoms with van der Waals surface area (Å²) < 4.78 is 0. The third-order valence-electron chi connectivity index (χ3n) is 3.21. The van der Waals surface area contributed by atoms with Gasteiger partial charge in [-0.05, 0) is 17.2 Å². The van der Waals surface area contributed by atoms with E-state index in [4.69, 9.17) is 0 Å². The van der Waals surface area contributed by atoms with E-state index in [2.05, 4.69) is 0 Å². The summed E-state index contributed by atoms with van der Waals surface area (Å²) in [4.78, 5) is 11.1. The topological polar surface area (TPSA) is 43.1 Å². The third kappa shape index (κ3) is 1.61. The first-order chi connectivity index (χ1) is 8.77. The van der Waals surface area contributed by atoms with Gasteiger partial charge in [0.2, 0.25) is 0 Å². The zero-order valence-electron chi connectivity index (χ0n) is 9.61. The van der Waals surface area contributed by atoms with Crippen molar-refractivity contribution in [3.63, 3.8) is 0 Å². The lowest BCUT2D eigenvalue weighted by Gasteiger charge is -2.09. The van der Waals surface area contributed by atoms with Crippen molar-refractivity contribution in [2.24, 2.45) is 0 Å². The number of fused-ring (bicyclic) bond motifs is 1. The summed E-state index contributed by atoms with van der Waals surface area (Å²) in [6.07, 6.45) is 1.91. The van der Waals surface area contributed by atoms with E-state index in [-0.39, 0.29) is 4.92 Å². The SMILES string of the molecule is O=[N+]([O-])C1C(c2ccccc2)=Cc2ccccc21. The van der Waals surface area contributed by atoms with Crippen LogP contribution in [-0.2, 0) is 0 Å². The fourth-order valence-corrected chi connectivity index (χ4v) is 2.40.